The third-order valence-electron chi connectivity index (χ3n) is 5.14. The molecule has 0 aromatic heterocycles. The molecule has 0 aliphatic heterocycles. The summed E-state index contributed by atoms with van der Waals surface area (Å²) in [4.78, 5) is 0. The zero-order valence-electron chi connectivity index (χ0n) is 16.2. The van der Waals surface area contributed by atoms with E-state index in [1.807, 2.05) is 0 Å². The van der Waals surface area contributed by atoms with Crippen molar-refractivity contribution in [2.45, 2.75) is 115 Å². The lowest BCUT2D eigenvalue weighted by Gasteiger charge is -2.26. The number of rotatable bonds is 18. The first kappa shape index (κ1) is 58.8. The molecular weight excluding hydrogens is 452 g/mol. The molecule has 0 aliphatic rings. The van der Waals surface area contributed by atoms with Gasteiger partial charge in [-0.1, -0.05) is 72.5 Å². The van der Waals surface area contributed by atoms with Gasteiger partial charge in [0, 0.05) is 52.9 Å². The number of ether oxygens (including phenoxy) is 2. The molecule has 4 N–H and O–H groups in total. The van der Waals surface area contributed by atoms with Crippen LogP contribution < -0.4 is 0 Å². The predicted octanol–water partition coefficient (Wildman–Crippen LogP) is 6.62. The first-order valence-corrected chi connectivity index (χ1v) is 15.8. The second kappa shape index (κ2) is 36.8. The molecule has 216 valence electrons. The van der Waals surface area contributed by atoms with E-state index in [0.717, 1.165) is 42.7 Å². The van der Waals surface area contributed by atoms with Crippen molar-refractivity contribution in [3.8, 4) is 0 Å². The highest BCUT2D eigenvalue weighted by Gasteiger charge is 2.26. The van der Waals surface area contributed by atoms with Crippen molar-refractivity contribution in [1.29, 1.82) is 0 Å². The van der Waals surface area contributed by atoms with E-state index in [9.17, 15) is 0 Å². The van der Waals surface area contributed by atoms with Gasteiger partial charge in [0.15, 0.2) is 0 Å². The van der Waals surface area contributed by atoms with Gasteiger partial charge in [-0.25, -0.2) is 0 Å². The molecule has 0 radical (unpaired) electrons. The van der Waals surface area contributed by atoms with Crippen molar-refractivity contribution in [1.82, 2.24) is 0 Å². The second-order valence-corrected chi connectivity index (χ2v) is 17.8. The summed E-state index contributed by atoms with van der Waals surface area (Å²) in [5, 5.41) is 36.6. The van der Waals surface area contributed by atoms with Crippen LogP contribution in [0.4, 0.5) is 0 Å². The highest BCUT2D eigenvalue weighted by molar-refractivity contribution is 6.79. The number of aliphatic hydroxyl groups is 4. The Morgan fingerprint density at radius 2 is 0.667 bits per heavy atom. The van der Waals surface area contributed by atoms with Crippen molar-refractivity contribution < 1.29 is 29.9 Å². The summed E-state index contributed by atoms with van der Waals surface area (Å²) in [5.41, 5.74) is 0. The molecule has 0 atom stereocenters. The Balaban J connectivity index is -0.000000103. The molecule has 0 aliphatic carbocycles. The number of hydrogen-bond acceptors (Lipinski definition) is 6. The lowest BCUT2D eigenvalue weighted by molar-refractivity contribution is 0.0929. The minimum absolute atomic E-state index is 0. The molecule has 33 heavy (non-hydrogen) atoms. The second-order valence-electron chi connectivity index (χ2n) is 7.59. The fraction of sp³-hybridized carbons (Fsp3) is 1.00. The Bertz CT molecular complexity index is 271. The summed E-state index contributed by atoms with van der Waals surface area (Å²) in [6.07, 6.45) is 0.858. The van der Waals surface area contributed by atoms with Gasteiger partial charge in [0.1, 0.15) is 0 Å². The summed E-state index contributed by atoms with van der Waals surface area (Å²) in [7, 11) is -3.12. The lowest BCUT2D eigenvalue weighted by atomic mass is 10.5. The number of aliphatic hydroxyl groups excluding tert-OH is 4. The van der Waals surface area contributed by atoms with Crippen LogP contribution >= 0.6 is 0 Å². The Kier molecular flexibility index (Phi) is 65.5. The van der Waals surface area contributed by atoms with E-state index in [1.165, 1.54) is 0 Å². The minimum atomic E-state index is -1.56. The lowest BCUT2D eigenvalue weighted by Crippen LogP contribution is -2.33. The van der Waals surface area contributed by atoms with Crippen LogP contribution in [0.25, 0.3) is 0 Å². The van der Waals surface area contributed by atoms with Crippen molar-refractivity contribution in [3.63, 3.8) is 0 Å². The maximum atomic E-state index is 9.15. The van der Waals surface area contributed by atoms with E-state index in [0.29, 0.717) is 26.4 Å². The molecule has 0 fully saturated rings. The van der Waals surface area contributed by atoms with E-state index >= 15 is 0 Å². The fourth-order valence-electron chi connectivity index (χ4n) is 2.93. The highest BCUT2D eigenvalue weighted by atomic mass is 28.3. The summed E-state index contributed by atoms with van der Waals surface area (Å²) in [5.74, 6) is 0. The van der Waals surface area contributed by atoms with E-state index in [4.69, 9.17) is 29.9 Å². The first-order chi connectivity index (χ1) is 11.9. The molecule has 0 aromatic rings. The topological polar surface area (TPSA) is 99.4 Å². The Labute approximate surface area is 214 Å². The molecule has 0 aromatic carbocycles. The van der Waals surface area contributed by atoms with Gasteiger partial charge >= 0.3 is 0 Å². The molecule has 0 amide bonds. The van der Waals surface area contributed by atoms with Crippen LogP contribution in [0.15, 0.2) is 0 Å². The zero-order valence-corrected chi connectivity index (χ0v) is 18.2. The van der Waals surface area contributed by atoms with E-state index in [-0.39, 0.29) is 85.8 Å². The molecular formula is C25H72O6Si2. The molecule has 0 bridgehead atoms. The maximum absolute atomic E-state index is 9.15. The van der Waals surface area contributed by atoms with E-state index < -0.39 is 16.1 Å². The van der Waals surface area contributed by atoms with E-state index in [2.05, 4.69) is 13.1 Å². The molecule has 0 heterocycles. The summed E-state index contributed by atoms with van der Waals surface area (Å²) < 4.78 is 11.4. The van der Waals surface area contributed by atoms with Crippen molar-refractivity contribution >= 4 is 16.1 Å². The van der Waals surface area contributed by atoms with Crippen LogP contribution in [0.3, 0.4) is 0 Å². The Morgan fingerprint density at radius 1 is 0.424 bits per heavy atom. The van der Waals surface area contributed by atoms with Crippen molar-refractivity contribution in [2.75, 3.05) is 52.9 Å². The summed E-state index contributed by atoms with van der Waals surface area (Å²) >= 11 is 0. The average molecular weight is 525 g/mol. The Hall–Kier alpha value is 0.194. The standard InChI is InChI=1S/C17H40O6Si2.8CH4/c1-24(12-4-18,13-5-19)16-10-22-8-3-9-23-11-17-25(2,14-6-20)15-7-21;;;;;;;;/h18-21H,3-17H2,1-2H3;8*1H4. The van der Waals surface area contributed by atoms with Gasteiger partial charge in [0.05, 0.1) is 16.1 Å². The molecule has 0 saturated carbocycles. The van der Waals surface area contributed by atoms with Gasteiger partial charge < -0.3 is 29.9 Å². The van der Waals surface area contributed by atoms with Gasteiger partial charge in [0.25, 0.3) is 0 Å². The monoisotopic (exact) mass is 524 g/mol. The smallest absolute Gasteiger partial charge is 0.0572 e. The molecule has 6 nitrogen and oxygen atoms in total. The quantitative estimate of drug-likeness (QED) is 0.119. The molecule has 0 rings (SSSR count). The van der Waals surface area contributed by atoms with Crippen LogP contribution in [0, 0.1) is 0 Å². The highest BCUT2D eigenvalue weighted by Crippen LogP contribution is 2.21. The van der Waals surface area contributed by atoms with Crippen molar-refractivity contribution in [3.05, 3.63) is 0 Å². The molecule has 0 spiro atoms. The SMILES string of the molecule is C.C.C.C.C.C.C.C.C[Si](CCO)(CCO)CCOCCCOCC[Si](C)(CCO)CCO. The van der Waals surface area contributed by atoms with Crippen LogP contribution in [0.1, 0.15) is 65.8 Å². The van der Waals surface area contributed by atoms with Crippen LogP contribution in [0.2, 0.25) is 49.4 Å². The fourth-order valence-corrected chi connectivity index (χ4v) is 7.87. The maximum Gasteiger partial charge on any atom is 0.0572 e. The number of hydrogen-bond donors (Lipinski definition) is 4. The third-order valence-corrected chi connectivity index (χ3v) is 13.7. The summed E-state index contributed by atoms with van der Waals surface area (Å²) in [6.45, 7) is 7.96. The zero-order chi connectivity index (χ0) is 19.0. The van der Waals surface area contributed by atoms with Gasteiger partial charge in [-0.3, -0.25) is 0 Å². The third kappa shape index (κ3) is 32.2. The van der Waals surface area contributed by atoms with Gasteiger partial charge in [0.2, 0.25) is 0 Å². The predicted molar refractivity (Wildman–Crippen MR) is 161 cm³/mol. The van der Waals surface area contributed by atoms with Gasteiger partial charge in [-0.05, 0) is 42.7 Å². The van der Waals surface area contributed by atoms with Crippen molar-refractivity contribution in [2.24, 2.45) is 0 Å². The molecule has 0 saturated heterocycles. The molecule has 0 unspecified atom stereocenters. The molecule has 8 heteroatoms. The average Bonchev–Trinajstić information content (AvgIpc) is 2.54. The first-order valence-electron chi connectivity index (χ1n) is 9.54. The Morgan fingerprint density at radius 3 is 0.879 bits per heavy atom. The minimum Gasteiger partial charge on any atom is -0.397 e. The normalized spacial score (nSPS) is 9.64. The van der Waals surface area contributed by atoms with Crippen LogP contribution in [0.5, 0.6) is 0 Å². The van der Waals surface area contributed by atoms with Crippen LogP contribution in [-0.4, -0.2) is 89.4 Å². The van der Waals surface area contributed by atoms with Gasteiger partial charge in [-0.2, -0.15) is 0 Å². The van der Waals surface area contributed by atoms with Gasteiger partial charge in [-0.15, -0.1) is 0 Å². The van der Waals surface area contributed by atoms with Crippen LogP contribution in [-0.2, 0) is 9.47 Å². The van der Waals surface area contributed by atoms with E-state index in [1.54, 1.807) is 0 Å². The summed E-state index contributed by atoms with van der Waals surface area (Å²) in [6, 6.07) is 5.24. The largest absolute Gasteiger partial charge is 0.397 e.